The molecular weight excluding hydrogens is 254 g/mol. The lowest BCUT2D eigenvalue weighted by atomic mass is 10.1. The Morgan fingerprint density at radius 2 is 1.68 bits per heavy atom. The molecule has 0 unspecified atom stereocenters. The molecule has 0 fully saturated rings. The van der Waals surface area contributed by atoms with Crippen LogP contribution in [0.4, 0.5) is 0 Å². The maximum absolute atomic E-state index is 10.9. The predicted octanol–water partition coefficient (Wildman–Crippen LogP) is 1.33. The van der Waals surface area contributed by atoms with Crippen LogP contribution < -0.4 is 0 Å². The first-order valence-electron chi connectivity index (χ1n) is 4.95. The van der Waals surface area contributed by atoms with Gasteiger partial charge in [-0.3, -0.25) is 4.79 Å². The van der Waals surface area contributed by atoms with E-state index in [-0.39, 0.29) is 12.0 Å². The summed E-state index contributed by atoms with van der Waals surface area (Å²) >= 11 is 0. The Bertz CT molecular complexity index is 585. The minimum Gasteiger partial charge on any atom is -0.483 e. The molecule has 0 aliphatic carbocycles. The molecule has 0 saturated carbocycles. The van der Waals surface area contributed by atoms with E-state index in [1.807, 2.05) is 0 Å². The fourth-order valence-electron chi connectivity index (χ4n) is 1.44. The summed E-state index contributed by atoms with van der Waals surface area (Å²) in [5.74, 6) is -2.64. The molecule has 0 aliphatic rings. The van der Waals surface area contributed by atoms with Crippen LogP contribution in [0.15, 0.2) is 30.3 Å². The summed E-state index contributed by atoms with van der Waals surface area (Å²) in [5, 5.41) is 25.2. The van der Waals surface area contributed by atoms with Crippen LogP contribution >= 0.6 is 0 Å². The molecule has 0 bridgehead atoms. The molecule has 0 radical (unpaired) electrons. The number of aromatic carboxylic acids is 2. The van der Waals surface area contributed by atoms with E-state index < -0.39 is 17.6 Å². The van der Waals surface area contributed by atoms with E-state index in [9.17, 15) is 9.59 Å². The van der Waals surface area contributed by atoms with Crippen LogP contribution in [-0.4, -0.2) is 38.7 Å². The van der Waals surface area contributed by atoms with Crippen LogP contribution in [0.25, 0.3) is 10.9 Å². The number of carboxylic acids is 2. The molecule has 0 aliphatic heterocycles. The number of fused-ring (bicyclic) bond motifs is 1. The first-order chi connectivity index (χ1) is 9.01. The molecule has 98 valence electrons. The molecule has 2 rings (SSSR count). The van der Waals surface area contributed by atoms with Crippen LogP contribution in [0.1, 0.15) is 20.8 Å². The largest absolute Gasteiger partial charge is 0.483 e. The average Bonchev–Trinajstić information content (AvgIpc) is 2.38. The standard InChI is InChI=1S/C11H7NO4.CH2O2/c13-10(14)7-5-6-3-1-2-4-8(6)12-9(7)11(15)16;2-1-3/h1-5H,(H,13,14)(H,15,16);1H,(H,2,3). The highest BCUT2D eigenvalue weighted by molar-refractivity contribution is 6.03. The van der Waals surface area contributed by atoms with E-state index in [1.54, 1.807) is 24.3 Å². The highest BCUT2D eigenvalue weighted by atomic mass is 16.4. The van der Waals surface area contributed by atoms with Gasteiger partial charge < -0.3 is 15.3 Å². The highest BCUT2D eigenvalue weighted by Crippen LogP contribution is 2.16. The van der Waals surface area contributed by atoms with Gasteiger partial charge in [0.15, 0.2) is 5.69 Å². The Morgan fingerprint density at radius 3 is 2.21 bits per heavy atom. The van der Waals surface area contributed by atoms with Gasteiger partial charge in [-0.1, -0.05) is 18.2 Å². The number of para-hydroxylation sites is 1. The molecule has 0 atom stereocenters. The summed E-state index contributed by atoms with van der Waals surface area (Å²) in [6.45, 7) is -0.250. The maximum Gasteiger partial charge on any atom is 0.355 e. The number of carboxylic acid groups (broad SMARTS) is 3. The zero-order valence-corrected chi connectivity index (χ0v) is 9.48. The van der Waals surface area contributed by atoms with Gasteiger partial charge in [0.1, 0.15) is 0 Å². The Balaban J connectivity index is 0.000000550. The average molecular weight is 263 g/mol. The number of benzene rings is 1. The molecule has 19 heavy (non-hydrogen) atoms. The molecule has 3 N–H and O–H groups in total. The van der Waals surface area contributed by atoms with Crippen molar-refractivity contribution >= 4 is 29.3 Å². The Kier molecular flexibility index (Phi) is 4.53. The number of hydrogen-bond donors (Lipinski definition) is 3. The van der Waals surface area contributed by atoms with Crippen LogP contribution in [0.5, 0.6) is 0 Å². The number of pyridine rings is 1. The minimum absolute atomic E-state index is 0.250. The SMILES string of the molecule is O=C(O)c1cc2ccccc2nc1C(=O)O.O=CO. The summed E-state index contributed by atoms with van der Waals surface area (Å²) in [4.78, 5) is 33.9. The van der Waals surface area contributed by atoms with Crippen molar-refractivity contribution < 1.29 is 29.7 Å². The van der Waals surface area contributed by atoms with E-state index in [2.05, 4.69) is 4.98 Å². The van der Waals surface area contributed by atoms with Gasteiger partial charge >= 0.3 is 11.9 Å². The van der Waals surface area contributed by atoms with E-state index in [4.69, 9.17) is 20.1 Å². The first kappa shape index (κ1) is 14.1. The number of rotatable bonds is 2. The molecule has 7 nitrogen and oxygen atoms in total. The second-order valence-electron chi connectivity index (χ2n) is 3.29. The quantitative estimate of drug-likeness (QED) is 0.698. The molecule has 0 amide bonds. The number of hydrogen-bond acceptors (Lipinski definition) is 4. The summed E-state index contributed by atoms with van der Waals surface area (Å²) in [6.07, 6.45) is 0. The second-order valence-corrected chi connectivity index (χ2v) is 3.29. The van der Waals surface area contributed by atoms with Crippen LogP contribution in [0, 0.1) is 0 Å². The normalized spacial score (nSPS) is 9.26. The predicted molar refractivity (Wildman–Crippen MR) is 64.4 cm³/mol. The zero-order valence-electron chi connectivity index (χ0n) is 9.48. The van der Waals surface area contributed by atoms with Gasteiger partial charge in [0.05, 0.1) is 11.1 Å². The van der Waals surface area contributed by atoms with Gasteiger partial charge in [-0.05, 0) is 12.1 Å². The van der Waals surface area contributed by atoms with Crippen molar-refractivity contribution in [2.45, 2.75) is 0 Å². The van der Waals surface area contributed by atoms with E-state index in [0.29, 0.717) is 10.9 Å². The smallest absolute Gasteiger partial charge is 0.355 e. The molecule has 0 spiro atoms. The van der Waals surface area contributed by atoms with Gasteiger partial charge in [-0.2, -0.15) is 0 Å². The second kappa shape index (κ2) is 6.10. The number of nitrogens with zero attached hydrogens (tertiary/aromatic N) is 1. The molecule has 1 aromatic heterocycles. The lowest BCUT2D eigenvalue weighted by Crippen LogP contribution is -2.10. The van der Waals surface area contributed by atoms with E-state index in [1.165, 1.54) is 6.07 Å². The summed E-state index contributed by atoms with van der Waals surface area (Å²) in [5.41, 5.74) is -0.276. The van der Waals surface area contributed by atoms with Crippen molar-refractivity contribution in [2.24, 2.45) is 0 Å². The Hall–Kier alpha value is -2.96. The molecular formula is C12H9NO6. The maximum atomic E-state index is 10.9. The Labute approximate surface area is 106 Å². The molecule has 7 heteroatoms. The first-order valence-corrected chi connectivity index (χ1v) is 4.95. The van der Waals surface area contributed by atoms with Crippen molar-refractivity contribution in [2.75, 3.05) is 0 Å². The molecule has 1 aromatic carbocycles. The van der Waals surface area contributed by atoms with Crippen molar-refractivity contribution in [1.29, 1.82) is 0 Å². The van der Waals surface area contributed by atoms with Gasteiger partial charge in [0.2, 0.25) is 0 Å². The monoisotopic (exact) mass is 263 g/mol. The fraction of sp³-hybridized carbons (Fsp3) is 0. The van der Waals surface area contributed by atoms with Gasteiger partial charge in [0.25, 0.3) is 6.47 Å². The Morgan fingerprint density at radius 1 is 1.11 bits per heavy atom. The lowest BCUT2D eigenvalue weighted by molar-refractivity contribution is -0.122. The molecule has 2 aromatic rings. The molecule has 1 heterocycles. The number of aromatic nitrogens is 1. The van der Waals surface area contributed by atoms with Gasteiger partial charge in [-0.15, -0.1) is 0 Å². The van der Waals surface area contributed by atoms with Crippen molar-refractivity contribution in [3.05, 3.63) is 41.6 Å². The highest BCUT2D eigenvalue weighted by Gasteiger charge is 2.18. The van der Waals surface area contributed by atoms with Crippen molar-refractivity contribution in [1.82, 2.24) is 4.98 Å². The van der Waals surface area contributed by atoms with Crippen LogP contribution in [-0.2, 0) is 4.79 Å². The summed E-state index contributed by atoms with van der Waals surface area (Å²) in [6, 6.07) is 8.07. The van der Waals surface area contributed by atoms with Crippen molar-refractivity contribution in [3.8, 4) is 0 Å². The molecule has 0 saturated heterocycles. The minimum atomic E-state index is -1.34. The third-order valence-electron chi connectivity index (χ3n) is 2.16. The van der Waals surface area contributed by atoms with E-state index in [0.717, 1.165) is 0 Å². The van der Waals surface area contributed by atoms with Gasteiger partial charge in [0, 0.05) is 5.39 Å². The lowest BCUT2D eigenvalue weighted by Gasteiger charge is -2.03. The zero-order chi connectivity index (χ0) is 14.4. The van der Waals surface area contributed by atoms with Gasteiger partial charge in [-0.25, -0.2) is 14.6 Å². The number of carbonyl (C=O) groups is 3. The topological polar surface area (TPSA) is 125 Å². The van der Waals surface area contributed by atoms with Crippen LogP contribution in [0.2, 0.25) is 0 Å². The third-order valence-corrected chi connectivity index (χ3v) is 2.16. The van der Waals surface area contributed by atoms with Crippen molar-refractivity contribution in [3.63, 3.8) is 0 Å². The van der Waals surface area contributed by atoms with E-state index >= 15 is 0 Å². The summed E-state index contributed by atoms with van der Waals surface area (Å²) in [7, 11) is 0. The fourth-order valence-corrected chi connectivity index (χ4v) is 1.44. The van der Waals surface area contributed by atoms with Crippen LogP contribution in [0.3, 0.4) is 0 Å². The summed E-state index contributed by atoms with van der Waals surface area (Å²) < 4.78 is 0. The third kappa shape index (κ3) is 3.25.